The first kappa shape index (κ1) is 12.8. The lowest BCUT2D eigenvalue weighted by molar-refractivity contribution is -0.120. The largest absolute Gasteiger partial charge is 0.399 e. The third-order valence-electron chi connectivity index (χ3n) is 1.74. The van der Waals surface area contributed by atoms with Crippen molar-refractivity contribution in [3.8, 4) is 0 Å². The quantitative estimate of drug-likeness (QED) is 0.530. The minimum absolute atomic E-state index is 0.115. The molecule has 0 spiro atoms. The molecule has 1 aromatic carbocycles. The summed E-state index contributed by atoms with van der Waals surface area (Å²) >= 11 is 5.86. The molecule has 5 nitrogen and oxygen atoms in total. The predicted molar refractivity (Wildman–Crippen MR) is 62.4 cm³/mol. The van der Waals surface area contributed by atoms with Gasteiger partial charge in [-0.3, -0.25) is 4.79 Å². The van der Waals surface area contributed by atoms with E-state index >= 15 is 0 Å². The molecule has 0 saturated heterocycles. The standard InChI is InChI=1S/C10H13ClN2O3/c11-8-5-7(12)1-2-9(8)13-10(15)6-16-4-3-14/h1-2,5,14H,3-4,6,12H2,(H,13,15). The fourth-order valence-electron chi connectivity index (χ4n) is 1.05. The molecule has 0 atom stereocenters. The third-order valence-corrected chi connectivity index (χ3v) is 2.05. The minimum Gasteiger partial charge on any atom is -0.399 e. The number of nitrogen functional groups attached to an aromatic ring is 1. The van der Waals surface area contributed by atoms with E-state index in [0.717, 1.165) is 0 Å². The number of benzene rings is 1. The summed E-state index contributed by atoms with van der Waals surface area (Å²) in [4.78, 5) is 11.3. The highest BCUT2D eigenvalue weighted by atomic mass is 35.5. The number of nitrogens with two attached hydrogens (primary N) is 1. The van der Waals surface area contributed by atoms with Gasteiger partial charge in [-0.05, 0) is 18.2 Å². The Morgan fingerprint density at radius 3 is 2.94 bits per heavy atom. The van der Waals surface area contributed by atoms with Gasteiger partial charge in [0.2, 0.25) is 5.91 Å². The molecule has 0 aliphatic rings. The van der Waals surface area contributed by atoms with E-state index in [-0.39, 0.29) is 25.7 Å². The van der Waals surface area contributed by atoms with Gasteiger partial charge in [0.15, 0.2) is 0 Å². The molecule has 0 bridgehead atoms. The average molecular weight is 245 g/mol. The number of rotatable bonds is 5. The zero-order chi connectivity index (χ0) is 12.0. The average Bonchev–Trinajstić information content (AvgIpc) is 2.23. The van der Waals surface area contributed by atoms with Crippen LogP contribution in [0.15, 0.2) is 18.2 Å². The highest BCUT2D eigenvalue weighted by molar-refractivity contribution is 6.34. The number of carbonyl (C=O) groups is 1. The number of amides is 1. The second kappa shape index (κ2) is 6.32. The van der Waals surface area contributed by atoms with Gasteiger partial charge in [-0.25, -0.2) is 0 Å². The van der Waals surface area contributed by atoms with E-state index in [1.165, 1.54) is 0 Å². The first-order valence-corrected chi connectivity index (χ1v) is 5.04. The lowest BCUT2D eigenvalue weighted by Crippen LogP contribution is -2.19. The van der Waals surface area contributed by atoms with Crippen molar-refractivity contribution in [1.29, 1.82) is 0 Å². The molecule has 4 N–H and O–H groups in total. The Labute approximate surface area is 98.2 Å². The summed E-state index contributed by atoms with van der Waals surface area (Å²) in [5, 5.41) is 11.4. The van der Waals surface area contributed by atoms with E-state index in [4.69, 9.17) is 27.2 Å². The van der Waals surface area contributed by atoms with Crippen LogP contribution in [0.2, 0.25) is 5.02 Å². The topological polar surface area (TPSA) is 84.6 Å². The maximum absolute atomic E-state index is 11.3. The Morgan fingerprint density at radius 1 is 1.56 bits per heavy atom. The van der Waals surface area contributed by atoms with Crippen molar-refractivity contribution in [3.05, 3.63) is 23.2 Å². The molecule has 6 heteroatoms. The van der Waals surface area contributed by atoms with Crippen molar-refractivity contribution in [2.45, 2.75) is 0 Å². The van der Waals surface area contributed by atoms with Crippen molar-refractivity contribution in [3.63, 3.8) is 0 Å². The second-order valence-electron chi connectivity index (χ2n) is 3.06. The number of aliphatic hydroxyl groups excluding tert-OH is 1. The Hall–Kier alpha value is -1.30. The molecule has 0 aliphatic carbocycles. The van der Waals surface area contributed by atoms with Crippen molar-refractivity contribution in [2.24, 2.45) is 0 Å². The van der Waals surface area contributed by atoms with Gasteiger partial charge in [0, 0.05) is 5.69 Å². The predicted octanol–water partition coefficient (Wildman–Crippen LogP) is 0.870. The van der Waals surface area contributed by atoms with Gasteiger partial charge in [-0.15, -0.1) is 0 Å². The maximum atomic E-state index is 11.3. The number of nitrogens with one attached hydrogen (secondary N) is 1. The van der Waals surface area contributed by atoms with Gasteiger partial charge in [0.1, 0.15) is 6.61 Å². The fraction of sp³-hybridized carbons (Fsp3) is 0.300. The molecule has 0 aliphatic heterocycles. The Kier molecular flexibility index (Phi) is 5.04. The molecule has 88 valence electrons. The Morgan fingerprint density at radius 2 is 2.31 bits per heavy atom. The normalized spacial score (nSPS) is 10.1. The van der Waals surface area contributed by atoms with E-state index < -0.39 is 0 Å². The van der Waals surface area contributed by atoms with Crippen LogP contribution in [0, 0.1) is 0 Å². The van der Waals surface area contributed by atoms with Gasteiger partial charge in [0.25, 0.3) is 0 Å². The summed E-state index contributed by atoms with van der Waals surface area (Å²) in [5.74, 6) is -0.333. The van der Waals surface area contributed by atoms with Crippen LogP contribution < -0.4 is 11.1 Å². The van der Waals surface area contributed by atoms with E-state index in [1.807, 2.05) is 0 Å². The molecule has 0 heterocycles. The van der Waals surface area contributed by atoms with Crippen LogP contribution in [-0.4, -0.2) is 30.8 Å². The van der Waals surface area contributed by atoms with Crippen molar-refractivity contribution >= 4 is 28.9 Å². The number of ether oxygens (including phenoxy) is 1. The molecule has 0 radical (unpaired) electrons. The SMILES string of the molecule is Nc1ccc(NC(=O)COCCO)c(Cl)c1. The number of aliphatic hydroxyl groups is 1. The molecule has 0 aromatic heterocycles. The molecular weight excluding hydrogens is 232 g/mol. The number of anilines is 2. The number of carbonyl (C=O) groups excluding carboxylic acids is 1. The van der Waals surface area contributed by atoms with Gasteiger partial charge in [-0.1, -0.05) is 11.6 Å². The van der Waals surface area contributed by atoms with Crippen molar-refractivity contribution in [2.75, 3.05) is 30.9 Å². The summed E-state index contributed by atoms with van der Waals surface area (Å²) in [6.07, 6.45) is 0. The zero-order valence-corrected chi connectivity index (χ0v) is 9.33. The number of hydrogen-bond acceptors (Lipinski definition) is 4. The van der Waals surface area contributed by atoms with Crippen LogP contribution in [0.5, 0.6) is 0 Å². The van der Waals surface area contributed by atoms with E-state index in [9.17, 15) is 4.79 Å². The maximum Gasteiger partial charge on any atom is 0.250 e. The van der Waals surface area contributed by atoms with E-state index in [2.05, 4.69) is 5.32 Å². The van der Waals surface area contributed by atoms with Crippen LogP contribution in [-0.2, 0) is 9.53 Å². The van der Waals surface area contributed by atoms with Gasteiger partial charge in [0.05, 0.1) is 23.9 Å². The second-order valence-corrected chi connectivity index (χ2v) is 3.47. The Bertz CT molecular complexity index is 371. The van der Waals surface area contributed by atoms with Crippen molar-refractivity contribution < 1.29 is 14.6 Å². The molecular formula is C10H13ClN2O3. The minimum atomic E-state index is -0.333. The highest BCUT2D eigenvalue weighted by Gasteiger charge is 2.05. The summed E-state index contributed by atoms with van der Waals surface area (Å²) in [6, 6.07) is 4.80. The first-order valence-electron chi connectivity index (χ1n) is 4.67. The first-order chi connectivity index (χ1) is 7.63. The molecule has 1 amide bonds. The van der Waals surface area contributed by atoms with Crippen LogP contribution in [0.25, 0.3) is 0 Å². The van der Waals surface area contributed by atoms with Crippen LogP contribution in [0.3, 0.4) is 0 Å². The van der Waals surface area contributed by atoms with Gasteiger partial charge in [-0.2, -0.15) is 0 Å². The van der Waals surface area contributed by atoms with Gasteiger partial charge >= 0.3 is 0 Å². The number of hydrogen-bond donors (Lipinski definition) is 3. The molecule has 1 aromatic rings. The zero-order valence-electron chi connectivity index (χ0n) is 8.57. The van der Waals surface area contributed by atoms with Crippen LogP contribution in [0.4, 0.5) is 11.4 Å². The monoisotopic (exact) mass is 244 g/mol. The third kappa shape index (κ3) is 4.06. The van der Waals surface area contributed by atoms with Crippen molar-refractivity contribution in [1.82, 2.24) is 0 Å². The molecule has 0 fully saturated rings. The van der Waals surface area contributed by atoms with Crippen LogP contribution >= 0.6 is 11.6 Å². The smallest absolute Gasteiger partial charge is 0.250 e. The summed E-state index contributed by atoms with van der Waals surface area (Å²) in [6.45, 7) is -0.111. The van der Waals surface area contributed by atoms with Crippen LogP contribution in [0.1, 0.15) is 0 Å². The Balaban J connectivity index is 2.49. The molecule has 0 saturated carbocycles. The lowest BCUT2D eigenvalue weighted by atomic mass is 10.3. The molecule has 1 rings (SSSR count). The van der Waals surface area contributed by atoms with E-state index in [0.29, 0.717) is 16.4 Å². The number of halogens is 1. The summed E-state index contributed by atoms with van der Waals surface area (Å²) < 4.78 is 4.85. The lowest BCUT2D eigenvalue weighted by Gasteiger charge is -2.07. The van der Waals surface area contributed by atoms with Gasteiger partial charge < -0.3 is 20.9 Å². The molecule has 16 heavy (non-hydrogen) atoms. The summed E-state index contributed by atoms with van der Waals surface area (Å²) in [7, 11) is 0. The highest BCUT2D eigenvalue weighted by Crippen LogP contribution is 2.23. The van der Waals surface area contributed by atoms with E-state index in [1.54, 1.807) is 18.2 Å². The molecule has 0 unspecified atom stereocenters. The summed E-state index contributed by atoms with van der Waals surface area (Å²) in [5.41, 5.74) is 6.51. The fourth-order valence-corrected chi connectivity index (χ4v) is 1.28.